The minimum Gasteiger partial charge on any atom is -0.394 e. The number of thioether (sulfide) groups is 1. The summed E-state index contributed by atoms with van der Waals surface area (Å²) < 4.78 is 124. The minimum absolute atomic E-state index is 0.0185. The fourth-order valence-corrected chi connectivity index (χ4v) is 10.1. The average Bonchev–Trinajstić information content (AvgIpc) is 3.81. The van der Waals surface area contributed by atoms with E-state index < -0.39 is 98.1 Å². The van der Waals surface area contributed by atoms with Crippen molar-refractivity contribution in [3.63, 3.8) is 0 Å². The fraction of sp³-hybridized carbons (Fsp3) is 0.548. The Hall–Kier alpha value is -2.78. The Balaban J connectivity index is 1.30. The first-order chi connectivity index (χ1) is 23.6. The molecule has 3 aliphatic rings. The van der Waals surface area contributed by atoms with Gasteiger partial charge in [-0.2, -0.15) is 13.2 Å². The second-order valence-electron chi connectivity index (χ2n) is 12.7. The van der Waals surface area contributed by atoms with Crippen LogP contribution < -0.4 is 5.32 Å². The predicted octanol–water partition coefficient (Wildman–Crippen LogP) is 3.37. The van der Waals surface area contributed by atoms with E-state index in [4.69, 9.17) is 9.47 Å². The molecule has 11 nitrogen and oxygen atoms in total. The zero-order valence-electron chi connectivity index (χ0n) is 26.4. The summed E-state index contributed by atoms with van der Waals surface area (Å²) in [6, 6.07) is 3.90. The second kappa shape index (κ2) is 14.0. The molecule has 3 aromatic rings. The van der Waals surface area contributed by atoms with Crippen molar-refractivity contribution in [2.24, 2.45) is 0 Å². The first-order valence-corrected chi connectivity index (χ1v) is 18.1. The molecule has 1 aliphatic carbocycles. The number of sulfone groups is 1. The van der Waals surface area contributed by atoms with Crippen molar-refractivity contribution in [2.45, 2.75) is 89.2 Å². The van der Waals surface area contributed by atoms with Crippen LogP contribution in [0.25, 0.3) is 11.3 Å². The molecule has 1 aromatic heterocycles. The Kier molecular flexibility index (Phi) is 10.3. The average molecular weight is 753 g/mol. The number of hydrogen-bond acceptors (Lipinski definition) is 11. The number of aliphatic hydroxyl groups excluding tert-OH is 2. The molecule has 0 amide bonds. The predicted molar refractivity (Wildman–Crippen MR) is 166 cm³/mol. The van der Waals surface area contributed by atoms with E-state index in [1.54, 1.807) is 0 Å². The molecule has 19 heteroatoms. The summed E-state index contributed by atoms with van der Waals surface area (Å²) >= 11 is 0.589. The number of halogens is 6. The maximum atomic E-state index is 14.8. The van der Waals surface area contributed by atoms with Gasteiger partial charge in [-0.3, -0.25) is 0 Å². The van der Waals surface area contributed by atoms with Crippen LogP contribution in [0.5, 0.6) is 0 Å². The summed E-state index contributed by atoms with van der Waals surface area (Å²) in [5, 5.41) is 41.7. The van der Waals surface area contributed by atoms with E-state index in [0.717, 1.165) is 4.68 Å². The third kappa shape index (κ3) is 7.28. The van der Waals surface area contributed by atoms with Crippen molar-refractivity contribution >= 4 is 21.6 Å². The molecule has 50 heavy (non-hydrogen) atoms. The van der Waals surface area contributed by atoms with Crippen LogP contribution in [-0.2, 0) is 31.9 Å². The van der Waals surface area contributed by atoms with Crippen molar-refractivity contribution < 1.29 is 59.6 Å². The van der Waals surface area contributed by atoms with Gasteiger partial charge in [0.25, 0.3) is 0 Å². The number of hydrogen-bond donors (Lipinski definition) is 4. The topological polar surface area (TPSA) is 156 Å². The smallest absolute Gasteiger partial charge is 0.394 e. The number of ether oxygens (including phenoxy) is 2. The maximum absolute atomic E-state index is 14.8. The van der Waals surface area contributed by atoms with Crippen molar-refractivity contribution in [2.75, 3.05) is 20.3 Å². The lowest BCUT2D eigenvalue weighted by molar-refractivity contribution is -0.186. The Morgan fingerprint density at radius 2 is 1.88 bits per heavy atom. The number of aliphatic hydroxyl groups is 3. The van der Waals surface area contributed by atoms with Crippen LogP contribution in [0.4, 0.5) is 26.3 Å². The number of rotatable bonds is 10. The third-order valence-corrected chi connectivity index (χ3v) is 13.0. The van der Waals surface area contributed by atoms with E-state index >= 15 is 0 Å². The quantitative estimate of drug-likeness (QED) is 0.178. The molecule has 2 aromatic carbocycles. The second-order valence-corrected chi connectivity index (χ2v) is 16.3. The van der Waals surface area contributed by atoms with E-state index in [9.17, 15) is 50.1 Å². The van der Waals surface area contributed by atoms with Gasteiger partial charge in [0.05, 0.1) is 29.2 Å². The first-order valence-electron chi connectivity index (χ1n) is 15.6. The Bertz CT molecular complexity index is 1810. The van der Waals surface area contributed by atoms with Gasteiger partial charge in [0.1, 0.15) is 40.9 Å². The molecular weight excluding hydrogens is 718 g/mol. The molecule has 1 saturated carbocycles. The molecule has 2 saturated heterocycles. The van der Waals surface area contributed by atoms with Gasteiger partial charge in [-0.15, -0.1) is 5.10 Å². The van der Waals surface area contributed by atoms with Gasteiger partial charge < -0.3 is 30.1 Å². The number of nitrogens with zero attached hydrogens (tertiary/aromatic N) is 3. The largest absolute Gasteiger partial charge is 0.417 e. The fourth-order valence-electron chi connectivity index (χ4n) is 6.60. The van der Waals surface area contributed by atoms with E-state index in [2.05, 4.69) is 15.6 Å². The molecule has 6 rings (SSSR count). The van der Waals surface area contributed by atoms with Crippen molar-refractivity contribution in [1.82, 2.24) is 20.3 Å². The summed E-state index contributed by atoms with van der Waals surface area (Å²) in [6.07, 6.45) is -7.66. The lowest BCUT2D eigenvalue weighted by Gasteiger charge is -2.43. The highest BCUT2D eigenvalue weighted by Crippen LogP contribution is 2.46. The maximum Gasteiger partial charge on any atom is 0.417 e. The van der Waals surface area contributed by atoms with Crippen LogP contribution in [0.3, 0.4) is 0 Å². The van der Waals surface area contributed by atoms with Crippen molar-refractivity contribution in [3.8, 4) is 11.3 Å². The summed E-state index contributed by atoms with van der Waals surface area (Å²) in [5.74, 6) is -4.65. The van der Waals surface area contributed by atoms with E-state index in [1.807, 2.05) is 0 Å². The molecule has 3 heterocycles. The summed E-state index contributed by atoms with van der Waals surface area (Å²) in [6.45, 7) is -0.672. The van der Waals surface area contributed by atoms with Crippen LogP contribution in [0, 0.1) is 17.5 Å². The van der Waals surface area contributed by atoms with Crippen LogP contribution >= 0.6 is 11.8 Å². The Labute approximate surface area is 286 Å². The number of nitrogens with one attached hydrogen (secondary N) is 1. The first kappa shape index (κ1) is 37.0. The van der Waals surface area contributed by atoms with Gasteiger partial charge in [-0.05, 0) is 49.6 Å². The molecule has 0 bridgehead atoms. The Morgan fingerprint density at radius 1 is 1.18 bits per heavy atom. The lowest BCUT2D eigenvalue weighted by atomic mass is 9.84. The van der Waals surface area contributed by atoms with E-state index in [0.29, 0.717) is 36.7 Å². The molecular formula is C31H34F6N4O7S2. The molecule has 4 N–H and O–H groups in total. The molecule has 274 valence electrons. The van der Waals surface area contributed by atoms with Crippen LogP contribution in [0.1, 0.15) is 42.9 Å². The third-order valence-electron chi connectivity index (χ3n) is 9.26. The molecule has 2 unspecified atom stereocenters. The summed E-state index contributed by atoms with van der Waals surface area (Å²) in [5.41, 5.74) is -4.73. The summed E-state index contributed by atoms with van der Waals surface area (Å²) in [7, 11) is -2.40. The van der Waals surface area contributed by atoms with Crippen LogP contribution in [0.2, 0.25) is 0 Å². The molecule has 3 fully saturated rings. The van der Waals surface area contributed by atoms with Gasteiger partial charge in [0, 0.05) is 30.4 Å². The van der Waals surface area contributed by atoms with Crippen LogP contribution in [0.15, 0.2) is 41.4 Å². The van der Waals surface area contributed by atoms with Gasteiger partial charge in [-0.25, -0.2) is 26.3 Å². The molecule has 0 radical (unpaired) electrons. The van der Waals surface area contributed by atoms with E-state index in [-0.39, 0.29) is 41.1 Å². The van der Waals surface area contributed by atoms with Gasteiger partial charge in [0.15, 0.2) is 27.3 Å². The highest BCUT2D eigenvalue weighted by Gasteiger charge is 2.50. The number of benzene rings is 2. The standard InChI is InChI=1S/C31H34F6N4O7S2/c1-47-28-26(41-13-20(39-40-41)16-9-18(32)25(34)19(33)10-16)27(43)21(14-42)48-29(28)49-22-4-2-3-15(24(22)31(35,36)37)11-30(44)7-8-38-23(12-30)50(45,46)17-5-6-17/h2-4,9-10,13,17,21,23,26-29,38,42-44H,5-8,11-12,14H2,1H3/t21-,23?,26+,27+,28-,29+,30?/m1/s1. The number of alkyl halides is 3. The number of methoxy groups -OCH3 is 1. The van der Waals surface area contributed by atoms with Gasteiger partial charge >= 0.3 is 6.18 Å². The Morgan fingerprint density at radius 3 is 2.50 bits per heavy atom. The van der Waals surface area contributed by atoms with Crippen LogP contribution in [-0.4, -0.2) is 99.0 Å². The molecule has 0 spiro atoms. The minimum atomic E-state index is -4.94. The monoisotopic (exact) mass is 752 g/mol. The zero-order chi connectivity index (χ0) is 36.2. The van der Waals surface area contributed by atoms with E-state index in [1.165, 1.54) is 31.5 Å². The van der Waals surface area contributed by atoms with Gasteiger partial charge in [-0.1, -0.05) is 29.1 Å². The zero-order valence-corrected chi connectivity index (χ0v) is 28.0. The highest BCUT2D eigenvalue weighted by molar-refractivity contribution is 7.99. The van der Waals surface area contributed by atoms with Crippen molar-refractivity contribution in [3.05, 3.63) is 65.1 Å². The number of piperidine rings is 1. The highest BCUT2D eigenvalue weighted by atomic mass is 32.2. The van der Waals surface area contributed by atoms with Crippen molar-refractivity contribution in [1.29, 1.82) is 0 Å². The van der Waals surface area contributed by atoms with Gasteiger partial charge in [0.2, 0.25) is 0 Å². The summed E-state index contributed by atoms with van der Waals surface area (Å²) in [4.78, 5) is -0.329. The SMILES string of the molecule is CO[C@@H]1[C@@H](n2cc(-c3cc(F)c(F)c(F)c3)nn2)[C@@H](O)[C@@H](CO)O[C@H]1Sc1cccc(CC2(O)CCNC(S(=O)(=O)C3CC3)C2)c1C(F)(F)F. The number of aromatic nitrogens is 3. The lowest BCUT2D eigenvalue weighted by Crippen LogP contribution is -2.55. The normalized spacial score (nSPS) is 29.3. The molecule has 2 aliphatic heterocycles. The molecule has 7 atom stereocenters.